The van der Waals surface area contributed by atoms with Gasteiger partial charge in [0, 0.05) is 6.42 Å². The second-order valence-corrected chi connectivity index (χ2v) is 2.70. The van der Waals surface area contributed by atoms with Crippen molar-refractivity contribution in [3.63, 3.8) is 0 Å². The summed E-state index contributed by atoms with van der Waals surface area (Å²) >= 11 is 0. The molecule has 0 fully saturated rings. The number of hydrogen-bond donors (Lipinski definition) is 1. The first-order valence-corrected chi connectivity index (χ1v) is 4.07. The maximum Gasteiger partial charge on any atom is 0.123 e. The van der Waals surface area contributed by atoms with Crippen LogP contribution < -0.4 is 0 Å². The summed E-state index contributed by atoms with van der Waals surface area (Å²) in [7, 11) is 0. The van der Waals surface area contributed by atoms with Crippen LogP contribution in [-0.4, -0.2) is 5.11 Å². The van der Waals surface area contributed by atoms with Gasteiger partial charge in [-0.2, -0.15) is 0 Å². The van der Waals surface area contributed by atoms with Crippen LogP contribution in [0.4, 0.5) is 4.39 Å². The Kier molecular flexibility index (Phi) is 3.48. The van der Waals surface area contributed by atoms with E-state index in [4.69, 9.17) is 0 Å². The molecule has 1 unspecified atom stereocenters. The van der Waals surface area contributed by atoms with Crippen molar-refractivity contribution in [3.8, 4) is 11.8 Å². The van der Waals surface area contributed by atoms with Crippen molar-refractivity contribution in [3.05, 3.63) is 35.6 Å². The van der Waals surface area contributed by atoms with E-state index < -0.39 is 6.10 Å². The molecular formula is C11H11FO. The van der Waals surface area contributed by atoms with Gasteiger partial charge in [-0.25, -0.2) is 4.39 Å². The van der Waals surface area contributed by atoms with Crippen LogP contribution in [0.1, 0.15) is 25.0 Å². The molecule has 1 N–H and O–H groups in total. The van der Waals surface area contributed by atoms with Crippen molar-refractivity contribution < 1.29 is 9.50 Å². The predicted molar refractivity (Wildman–Crippen MR) is 49.4 cm³/mol. The van der Waals surface area contributed by atoms with Gasteiger partial charge in [-0.1, -0.05) is 12.1 Å². The van der Waals surface area contributed by atoms with Gasteiger partial charge in [-0.3, -0.25) is 0 Å². The predicted octanol–water partition coefficient (Wildman–Crippen LogP) is 2.27. The Morgan fingerprint density at radius 1 is 1.54 bits per heavy atom. The van der Waals surface area contributed by atoms with Crippen LogP contribution in [0.3, 0.4) is 0 Å². The summed E-state index contributed by atoms with van der Waals surface area (Å²) in [6.45, 7) is 1.71. The van der Waals surface area contributed by atoms with Crippen LogP contribution in [0.5, 0.6) is 0 Å². The molecule has 68 valence electrons. The maximum atomic E-state index is 12.7. The molecule has 0 aliphatic rings. The maximum absolute atomic E-state index is 12.7. The van der Waals surface area contributed by atoms with Crippen LogP contribution in [0.2, 0.25) is 0 Å². The summed E-state index contributed by atoms with van der Waals surface area (Å²) in [6.07, 6.45) is -0.344. The Morgan fingerprint density at radius 3 is 2.92 bits per heavy atom. The highest BCUT2D eigenvalue weighted by Crippen LogP contribution is 2.16. The number of halogens is 1. The van der Waals surface area contributed by atoms with Gasteiger partial charge in [-0.15, -0.1) is 11.8 Å². The lowest BCUT2D eigenvalue weighted by molar-refractivity contribution is 0.183. The van der Waals surface area contributed by atoms with Crippen LogP contribution in [0.15, 0.2) is 24.3 Å². The third kappa shape index (κ3) is 2.89. The fourth-order valence-electron chi connectivity index (χ4n) is 1.03. The third-order valence-corrected chi connectivity index (χ3v) is 1.71. The van der Waals surface area contributed by atoms with Gasteiger partial charge >= 0.3 is 0 Å². The van der Waals surface area contributed by atoms with Gasteiger partial charge < -0.3 is 5.11 Å². The molecule has 1 nitrogen and oxygen atoms in total. The normalized spacial score (nSPS) is 11.6. The first-order valence-electron chi connectivity index (χ1n) is 4.07. The van der Waals surface area contributed by atoms with Crippen LogP contribution in [-0.2, 0) is 0 Å². The molecule has 1 aromatic rings. The van der Waals surface area contributed by atoms with Crippen molar-refractivity contribution >= 4 is 0 Å². The highest BCUT2D eigenvalue weighted by Gasteiger charge is 2.05. The number of benzene rings is 1. The molecule has 13 heavy (non-hydrogen) atoms. The molecule has 0 aliphatic carbocycles. The smallest absolute Gasteiger partial charge is 0.123 e. The zero-order chi connectivity index (χ0) is 9.68. The van der Waals surface area contributed by atoms with E-state index in [1.807, 2.05) is 0 Å². The fraction of sp³-hybridized carbons (Fsp3) is 0.273. The van der Waals surface area contributed by atoms with E-state index in [0.29, 0.717) is 12.0 Å². The standard InChI is InChI=1S/C11H11FO/c1-2-3-7-11(13)9-5-4-6-10(12)8-9/h4-6,8,11,13H,7H2,1H3. The number of aliphatic hydroxyl groups is 1. The first-order chi connectivity index (χ1) is 6.24. The average Bonchev–Trinajstić information content (AvgIpc) is 2.14. The minimum Gasteiger partial charge on any atom is -0.387 e. The Labute approximate surface area is 77.2 Å². The topological polar surface area (TPSA) is 20.2 Å². The summed E-state index contributed by atoms with van der Waals surface area (Å²) in [5, 5.41) is 9.51. The average molecular weight is 178 g/mol. The molecule has 0 amide bonds. The molecule has 0 saturated heterocycles. The second-order valence-electron chi connectivity index (χ2n) is 2.70. The molecule has 0 bridgehead atoms. The largest absolute Gasteiger partial charge is 0.387 e. The third-order valence-electron chi connectivity index (χ3n) is 1.71. The van der Waals surface area contributed by atoms with E-state index in [1.165, 1.54) is 12.1 Å². The lowest BCUT2D eigenvalue weighted by Crippen LogP contribution is -1.96. The van der Waals surface area contributed by atoms with E-state index in [2.05, 4.69) is 11.8 Å². The molecule has 0 heterocycles. The van der Waals surface area contributed by atoms with E-state index in [1.54, 1.807) is 19.1 Å². The minimum atomic E-state index is -0.692. The second kappa shape index (κ2) is 4.64. The van der Waals surface area contributed by atoms with Crippen molar-refractivity contribution in [2.24, 2.45) is 0 Å². The van der Waals surface area contributed by atoms with Crippen LogP contribution in [0, 0.1) is 17.7 Å². The van der Waals surface area contributed by atoms with Gasteiger partial charge in [0.25, 0.3) is 0 Å². The fourth-order valence-corrected chi connectivity index (χ4v) is 1.03. The van der Waals surface area contributed by atoms with Crippen molar-refractivity contribution in [1.29, 1.82) is 0 Å². The van der Waals surface area contributed by atoms with Gasteiger partial charge in [0.2, 0.25) is 0 Å². The molecule has 1 atom stereocenters. The Balaban J connectivity index is 2.74. The lowest BCUT2D eigenvalue weighted by atomic mass is 10.1. The molecular weight excluding hydrogens is 167 g/mol. The van der Waals surface area contributed by atoms with Crippen molar-refractivity contribution in [2.75, 3.05) is 0 Å². The zero-order valence-corrected chi connectivity index (χ0v) is 7.42. The Morgan fingerprint density at radius 2 is 2.31 bits per heavy atom. The van der Waals surface area contributed by atoms with E-state index in [9.17, 15) is 9.50 Å². The van der Waals surface area contributed by atoms with Crippen LogP contribution in [0.25, 0.3) is 0 Å². The summed E-state index contributed by atoms with van der Waals surface area (Å²) in [5.41, 5.74) is 0.572. The Bertz CT molecular complexity index is 335. The number of rotatable bonds is 2. The molecule has 0 aliphatic heterocycles. The summed E-state index contributed by atoms with van der Waals surface area (Å²) in [4.78, 5) is 0. The summed E-state index contributed by atoms with van der Waals surface area (Å²) < 4.78 is 12.7. The van der Waals surface area contributed by atoms with Gasteiger partial charge in [0.1, 0.15) is 5.82 Å². The molecule has 1 rings (SSSR count). The van der Waals surface area contributed by atoms with Gasteiger partial charge in [0.05, 0.1) is 6.10 Å². The van der Waals surface area contributed by atoms with Crippen molar-refractivity contribution in [1.82, 2.24) is 0 Å². The monoisotopic (exact) mass is 178 g/mol. The summed E-state index contributed by atoms with van der Waals surface area (Å²) in [5.74, 6) is 5.09. The van der Waals surface area contributed by atoms with E-state index in [0.717, 1.165) is 0 Å². The molecule has 1 aromatic carbocycles. The van der Waals surface area contributed by atoms with Crippen LogP contribution >= 0.6 is 0 Å². The highest BCUT2D eigenvalue weighted by atomic mass is 19.1. The molecule has 2 heteroatoms. The lowest BCUT2D eigenvalue weighted by Gasteiger charge is -2.06. The zero-order valence-electron chi connectivity index (χ0n) is 7.42. The van der Waals surface area contributed by atoms with Gasteiger partial charge in [-0.05, 0) is 24.6 Å². The molecule has 0 saturated carbocycles. The summed E-state index contributed by atoms with van der Waals surface area (Å²) in [6, 6.07) is 5.93. The van der Waals surface area contributed by atoms with E-state index >= 15 is 0 Å². The van der Waals surface area contributed by atoms with Crippen molar-refractivity contribution in [2.45, 2.75) is 19.4 Å². The molecule has 0 radical (unpaired) electrons. The highest BCUT2D eigenvalue weighted by molar-refractivity contribution is 5.20. The molecule has 0 spiro atoms. The SMILES string of the molecule is CC#CCC(O)c1cccc(F)c1. The molecule has 0 aromatic heterocycles. The van der Waals surface area contributed by atoms with E-state index in [-0.39, 0.29) is 5.82 Å². The quantitative estimate of drug-likeness (QED) is 0.689. The Hall–Kier alpha value is -1.33. The van der Waals surface area contributed by atoms with Gasteiger partial charge in [0.15, 0.2) is 0 Å². The minimum absolute atomic E-state index is 0.332. The number of aliphatic hydroxyl groups excluding tert-OH is 1. The first kappa shape index (κ1) is 9.76. The number of hydrogen-bond acceptors (Lipinski definition) is 1.